The molecule has 0 atom stereocenters. The van der Waals surface area contributed by atoms with Crippen molar-refractivity contribution in [3.63, 3.8) is 0 Å². The van der Waals surface area contributed by atoms with E-state index in [-0.39, 0.29) is 29.0 Å². The van der Waals surface area contributed by atoms with Crippen LogP contribution < -0.4 is 10.2 Å². The number of Topliss-reactive ketones (excluding diaryl/α,β-unsaturated/α-hetero) is 1. The number of benzene rings is 2. The fourth-order valence-electron chi connectivity index (χ4n) is 2.92. The molecule has 0 amide bonds. The van der Waals surface area contributed by atoms with Gasteiger partial charge in [0.15, 0.2) is 11.5 Å². The average molecular weight is 399 g/mol. The van der Waals surface area contributed by atoms with Crippen LogP contribution in [0.1, 0.15) is 38.8 Å². The van der Waals surface area contributed by atoms with E-state index in [2.05, 4.69) is 20.8 Å². The number of ether oxygens (including phenoxy) is 1. The number of halogens is 1. The van der Waals surface area contributed by atoms with Gasteiger partial charge in [0, 0.05) is 10.6 Å². The predicted octanol–water partition coefficient (Wildman–Crippen LogP) is 5.69. The molecular formula is C23H23ClO4. The van der Waals surface area contributed by atoms with E-state index in [1.54, 1.807) is 12.1 Å². The number of carbonyl (C=O) groups excluding carboxylic acids is 1. The summed E-state index contributed by atoms with van der Waals surface area (Å²) in [5.41, 5.74) is 2.76. The highest BCUT2D eigenvalue weighted by atomic mass is 35.5. The average Bonchev–Trinajstić information content (AvgIpc) is 2.62. The van der Waals surface area contributed by atoms with Crippen LogP contribution in [-0.4, -0.2) is 12.4 Å². The van der Waals surface area contributed by atoms with Crippen molar-refractivity contribution in [3.05, 3.63) is 62.8 Å². The van der Waals surface area contributed by atoms with E-state index >= 15 is 0 Å². The van der Waals surface area contributed by atoms with Gasteiger partial charge in [-0.2, -0.15) is 0 Å². The first-order valence-corrected chi connectivity index (χ1v) is 9.46. The maximum Gasteiger partial charge on any atom is 0.235 e. The molecule has 2 aromatic carbocycles. The number of carbonyl (C=O) groups is 1. The van der Waals surface area contributed by atoms with Crippen LogP contribution in [0.2, 0.25) is 5.02 Å². The van der Waals surface area contributed by atoms with Gasteiger partial charge in [-0.15, -0.1) is 0 Å². The molecule has 28 heavy (non-hydrogen) atoms. The summed E-state index contributed by atoms with van der Waals surface area (Å²) in [6.07, 6.45) is 0. The first-order valence-electron chi connectivity index (χ1n) is 9.08. The van der Waals surface area contributed by atoms with Gasteiger partial charge in [-0.3, -0.25) is 9.59 Å². The van der Waals surface area contributed by atoms with Crippen LogP contribution in [0, 0.1) is 6.92 Å². The molecule has 0 radical (unpaired) electrons. The molecule has 0 aliphatic heterocycles. The van der Waals surface area contributed by atoms with Crippen molar-refractivity contribution in [1.82, 2.24) is 0 Å². The van der Waals surface area contributed by atoms with Gasteiger partial charge in [0.1, 0.15) is 12.2 Å². The zero-order valence-electron chi connectivity index (χ0n) is 16.7. The van der Waals surface area contributed by atoms with Gasteiger partial charge in [0.05, 0.1) is 5.39 Å². The van der Waals surface area contributed by atoms with Crippen LogP contribution in [0.25, 0.3) is 22.3 Å². The van der Waals surface area contributed by atoms with Crippen molar-refractivity contribution >= 4 is 28.4 Å². The zero-order valence-corrected chi connectivity index (χ0v) is 17.4. The summed E-state index contributed by atoms with van der Waals surface area (Å²) in [7, 11) is 0. The van der Waals surface area contributed by atoms with Gasteiger partial charge >= 0.3 is 0 Å². The molecule has 0 spiro atoms. The normalized spacial score (nSPS) is 11.6. The highest BCUT2D eigenvalue weighted by Crippen LogP contribution is 2.34. The molecule has 0 bridgehead atoms. The monoisotopic (exact) mass is 398 g/mol. The topological polar surface area (TPSA) is 56.5 Å². The molecule has 1 aromatic heterocycles. The molecule has 0 fully saturated rings. The molecule has 0 aliphatic rings. The highest BCUT2D eigenvalue weighted by Gasteiger charge is 2.20. The number of hydrogen-bond acceptors (Lipinski definition) is 4. The third-order valence-corrected chi connectivity index (χ3v) is 4.97. The SMILES string of the molecule is CC(=O)COc1c(-c2ccc(C(C)(C)C)cc2)oc2cc(C)c(Cl)cc2c1=O. The van der Waals surface area contributed by atoms with Crippen molar-refractivity contribution in [3.8, 4) is 17.1 Å². The molecule has 0 saturated heterocycles. The van der Waals surface area contributed by atoms with Crippen molar-refractivity contribution < 1.29 is 13.9 Å². The third kappa shape index (κ3) is 3.97. The molecular weight excluding hydrogens is 376 g/mol. The Hall–Kier alpha value is -2.59. The van der Waals surface area contributed by atoms with Crippen LogP contribution in [0.4, 0.5) is 0 Å². The number of rotatable bonds is 4. The van der Waals surface area contributed by atoms with Gasteiger partial charge in [0.2, 0.25) is 11.2 Å². The molecule has 4 nitrogen and oxygen atoms in total. The molecule has 0 saturated carbocycles. The Labute approximate surface area is 169 Å². The van der Waals surface area contributed by atoms with Gasteiger partial charge in [0.25, 0.3) is 0 Å². The summed E-state index contributed by atoms with van der Waals surface area (Å²) in [4.78, 5) is 24.5. The molecule has 3 rings (SSSR count). The summed E-state index contributed by atoms with van der Waals surface area (Å²) in [5, 5.41) is 0.795. The lowest BCUT2D eigenvalue weighted by atomic mass is 9.86. The van der Waals surface area contributed by atoms with Gasteiger partial charge in [-0.25, -0.2) is 0 Å². The lowest BCUT2D eigenvalue weighted by Crippen LogP contribution is -2.15. The number of ketones is 1. The second kappa shape index (κ2) is 7.44. The Bertz CT molecular complexity index is 1100. The smallest absolute Gasteiger partial charge is 0.235 e. The summed E-state index contributed by atoms with van der Waals surface area (Å²) >= 11 is 6.18. The third-order valence-electron chi connectivity index (χ3n) is 4.56. The van der Waals surface area contributed by atoms with Gasteiger partial charge in [-0.05, 0) is 42.5 Å². The molecule has 5 heteroatoms. The molecule has 146 valence electrons. The molecule has 0 aliphatic carbocycles. The number of hydrogen-bond donors (Lipinski definition) is 0. The Morgan fingerprint density at radius 3 is 2.36 bits per heavy atom. The Morgan fingerprint density at radius 2 is 1.79 bits per heavy atom. The molecule has 1 heterocycles. The second-order valence-corrected chi connectivity index (χ2v) is 8.41. The minimum Gasteiger partial charge on any atom is -0.478 e. The van der Waals surface area contributed by atoms with Crippen LogP contribution in [-0.2, 0) is 10.2 Å². The maximum absolute atomic E-state index is 13.1. The van der Waals surface area contributed by atoms with Crippen molar-refractivity contribution in [2.45, 2.75) is 40.0 Å². The van der Waals surface area contributed by atoms with E-state index in [0.29, 0.717) is 27.3 Å². The zero-order chi connectivity index (χ0) is 20.6. The van der Waals surface area contributed by atoms with E-state index in [1.807, 2.05) is 31.2 Å². The standard InChI is InChI=1S/C23H23ClO4/c1-13-10-19-17(11-18(13)24)20(26)22(27-12-14(2)25)21(28-19)15-6-8-16(9-7-15)23(3,4)5/h6-11H,12H2,1-5H3. The summed E-state index contributed by atoms with van der Waals surface area (Å²) in [5.74, 6) is 0.141. The maximum atomic E-state index is 13.1. The second-order valence-electron chi connectivity index (χ2n) is 8.01. The first-order chi connectivity index (χ1) is 13.1. The van der Waals surface area contributed by atoms with E-state index in [4.69, 9.17) is 20.8 Å². The summed E-state index contributed by atoms with van der Waals surface area (Å²) in [6, 6.07) is 11.1. The predicted molar refractivity (Wildman–Crippen MR) is 113 cm³/mol. The van der Waals surface area contributed by atoms with Gasteiger partial charge < -0.3 is 9.15 Å². The van der Waals surface area contributed by atoms with Crippen LogP contribution in [0.3, 0.4) is 0 Å². The Kier molecular flexibility index (Phi) is 5.35. The van der Waals surface area contributed by atoms with Gasteiger partial charge in [-0.1, -0.05) is 56.6 Å². The van der Waals surface area contributed by atoms with Crippen LogP contribution in [0.15, 0.2) is 45.6 Å². The highest BCUT2D eigenvalue weighted by molar-refractivity contribution is 6.32. The van der Waals surface area contributed by atoms with Crippen molar-refractivity contribution in [2.24, 2.45) is 0 Å². The Balaban J connectivity index is 2.24. The molecule has 3 aromatic rings. The van der Waals surface area contributed by atoms with Crippen molar-refractivity contribution in [2.75, 3.05) is 6.61 Å². The molecule has 0 unspecified atom stereocenters. The number of fused-ring (bicyclic) bond motifs is 1. The summed E-state index contributed by atoms with van der Waals surface area (Å²) in [6.45, 7) is 9.44. The van der Waals surface area contributed by atoms with E-state index < -0.39 is 0 Å². The fourth-order valence-corrected chi connectivity index (χ4v) is 3.08. The largest absolute Gasteiger partial charge is 0.478 e. The fraction of sp³-hybridized carbons (Fsp3) is 0.304. The Morgan fingerprint density at radius 1 is 1.14 bits per heavy atom. The number of aryl methyl sites for hydroxylation is 1. The minimum atomic E-state index is -0.348. The van der Waals surface area contributed by atoms with Crippen molar-refractivity contribution in [1.29, 1.82) is 0 Å². The van der Waals surface area contributed by atoms with E-state index in [0.717, 1.165) is 11.1 Å². The molecule has 0 N–H and O–H groups in total. The van der Waals surface area contributed by atoms with E-state index in [9.17, 15) is 9.59 Å². The lowest BCUT2D eigenvalue weighted by Gasteiger charge is -2.19. The van der Waals surface area contributed by atoms with E-state index in [1.165, 1.54) is 6.92 Å². The van der Waals surface area contributed by atoms with Crippen LogP contribution in [0.5, 0.6) is 5.75 Å². The summed E-state index contributed by atoms with van der Waals surface area (Å²) < 4.78 is 11.6. The van der Waals surface area contributed by atoms with Crippen LogP contribution >= 0.6 is 11.6 Å². The quantitative estimate of drug-likeness (QED) is 0.566. The first kappa shape index (κ1) is 20.2. The minimum absolute atomic E-state index is 0.00454. The lowest BCUT2D eigenvalue weighted by molar-refractivity contribution is -0.118.